The smallest absolute Gasteiger partial charge is 0.277 e. The predicted molar refractivity (Wildman–Crippen MR) is 117 cm³/mol. The highest BCUT2D eigenvalue weighted by molar-refractivity contribution is 7.91. The van der Waals surface area contributed by atoms with E-state index in [1.54, 1.807) is 13.8 Å². The van der Waals surface area contributed by atoms with Crippen molar-refractivity contribution in [1.82, 2.24) is 9.78 Å². The predicted octanol–water partition coefficient (Wildman–Crippen LogP) is 2.21. The van der Waals surface area contributed by atoms with Crippen molar-refractivity contribution >= 4 is 25.5 Å². The van der Waals surface area contributed by atoms with E-state index < -0.39 is 31.0 Å². The number of aromatic amines is 1. The van der Waals surface area contributed by atoms with Crippen LogP contribution in [0.5, 0.6) is 0 Å². The van der Waals surface area contributed by atoms with Gasteiger partial charge in [0.25, 0.3) is 5.56 Å². The van der Waals surface area contributed by atoms with Crippen molar-refractivity contribution in [2.45, 2.75) is 30.2 Å². The Morgan fingerprint density at radius 2 is 1.55 bits per heavy atom. The maximum Gasteiger partial charge on any atom is 0.277 e. The zero-order valence-corrected chi connectivity index (χ0v) is 19.1. The lowest BCUT2D eigenvalue weighted by Gasteiger charge is -2.15. The highest BCUT2D eigenvalue weighted by atomic mass is 32.2. The molecule has 1 aromatic heterocycles. The molecule has 0 bridgehead atoms. The number of hydrogen-bond acceptors (Lipinski definition) is 6. The molecule has 0 radical (unpaired) electrons. The Hall–Kier alpha value is -2.98. The Morgan fingerprint density at radius 1 is 0.935 bits per heavy atom. The quantitative estimate of drug-likeness (QED) is 0.560. The van der Waals surface area contributed by atoms with Crippen LogP contribution >= 0.6 is 0 Å². The SMILES string of the molecule is CCn1[nH]cc(C(=O)c2ccc(S(C)(=O)=O)c(-c3ccc(S(C)(=O)=O)cc3)c2C)c1=O. The number of rotatable bonds is 6. The summed E-state index contributed by atoms with van der Waals surface area (Å²) in [5.74, 6) is -0.528. The zero-order valence-electron chi connectivity index (χ0n) is 17.5. The van der Waals surface area contributed by atoms with Gasteiger partial charge in [-0.05, 0) is 49.2 Å². The van der Waals surface area contributed by atoms with Crippen molar-refractivity contribution in [3.63, 3.8) is 0 Å². The normalized spacial score (nSPS) is 12.1. The van der Waals surface area contributed by atoms with Gasteiger partial charge in [0.05, 0.1) is 9.79 Å². The molecule has 1 N–H and O–H groups in total. The molecule has 0 aliphatic carbocycles. The Morgan fingerprint density at radius 3 is 2.03 bits per heavy atom. The number of carbonyl (C=O) groups excluding carboxylic acids is 1. The molecule has 0 saturated heterocycles. The monoisotopic (exact) mass is 462 g/mol. The van der Waals surface area contributed by atoms with Gasteiger partial charge in [0.15, 0.2) is 25.5 Å². The highest BCUT2D eigenvalue weighted by Crippen LogP contribution is 2.34. The molecule has 0 fully saturated rings. The van der Waals surface area contributed by atoms with Gasteiger partial charge in [-0.1, -0.05) is 12.1 Å². The van der Waals surface area contributed by atoms with Crippen LogP contribution in [-0.4, -0.2) is 44.9 Å². The number of sulfone groups is 2. The van der Waals surface area contributed by atoms with Gasteiger partial charge >= 0.3 is 0 Å². The van der Waals surface area contributed by atoms with Crippen LogP contribution in [0.1, 0.15) is 28.4 Å². The third-order valence-corrected chi connectivity index (χ3v) is 7.31. The maximum atomic E-state index is 13.1. The summed E-state index contributed by atoms with van der Waals surface area (Å²) in [6.07, 6.45) is 3.47. The van der Waals surface area contributed by atoms with Crippen LogP contribution in [0.3, 0.4) is 0 Å². The second-order valence-corrected chi connectivity index (χ2v) is 11.2. The first-order valence-corrected chi connectivity index (χ1v) is 13.1. The standard InChI is InChI=1S/C21H22N2O6S2/c1-5-23-21(25)17(12-22-23)20(24)16-10-11-18(31(4,28)29)19(13(16)2)14-6-8-15(9-7-14)30(3,26)27/h6-12,22H,5H2,1-4H3. The van der Waals surface area contributed by atoms with Crippen LogP contribution in [0.15, 0.2) is 57.2 Å². The molecule has 0 saturated carbocycles. The molecular weight excluding hydrogens is 440 g/mol. The molecule has 0 aliphatic heterocycles. The van der Waals surface area contributed by atoms with Gasteiger partial charge in [-0.25, -0.2) is 16.8 Å². The molecule has 10 heteroatoms. The summed E-state index contributed by atoms with van der Waals surface area (Å²) >= 11 is 0. The number of aromatic nitrogens is 2. The topological polar surface area (TPSA) is 123 Å². The molecule has 31 heavy (non-hydrogen) atoms. The lowest BCUT2D eigenvalue weighted by Crippen LogP contribution is -2.21. The molecule has 1 heterocycles. The number of hydrogen-bond donors (Lipinski definition) is 1. The first kappa shape index (κ1) is 22.7. The lowest BCUT2D eigenvalue weighted by atomic mass is 9.93. The van der Waals surface area contributed by atoms with Crippen LogP contribution in [0.2, 0.25) is 0 Å². The Kier molecular flexibility index (Phi) is 5.81. The van der Waals surface area contributed by atoms with Crippen LogP contribution in [0.25, 0.3) is 11.1 Å². The number of carbonyl (C=O) groups is 1. The average Bonchev–Trinajstić information content (AvgIpc) is 3.06. The summed E-state index contributed by atoms with van der Waals surface area (Å²) in [6.45, 7) is 3.74. The van der Waals surface area contributed by atoms with E-state index in [0.29, 0.717) is 23.2 Å². The molecule has 0 amide bonds. The highest BCUT2D eigenvalue weighted by Gasteiger charge is 2.24. The van der Waals surface area contributed by atoms with Crippen molar-refractivity contribution in [2.24, 2.45) is 0 Å². The summed E-state index contributed by atoms with van der Waals surface area (Å²) in [6, 6.07) is 8.50. The van der Waals surface area contributed by atoms with E-state index in [2.05, 4.69) is 5.10 Å². The second-order valence-electron chi connectivity index (χ2n) is 7.25. The van der Waals surface area contributed by atoms with Crippen molar-refractivity contribution < 1.29 is 21.6 Å². The van der Waals surface area contributed by atoms with Gasteiger partial charge in [0, 0.05) is 36.4 Å². The Bertz CT molecular complexity index is 1440. The number of nitrogens with one attached hydrogen (secondary N) is 1. The molecule has 3 aromatic rings. The molecule has 164 valence electrons. The summed E-state index contributed by atoms with van der Waals surface area (Å²) in [5.41, 5.74) is 0.797. The van der Waals surface area contributed by atoms with Gasteiger partial charge in [-0.2, -0.15) is 0 Å². The summed E-state index contributed by atoms with van der Waals surface area (Å²) in [4.78, 5) is 25.6. The summed E-state index contributed by atoms with van der Waals surface area (Å²) in [5, 5.41) is 2.73. The summed E-state index contributed by atoms with van der Waals surface area (Å²) in [7, 11) is -7.09. The molecule has 0 aliphatic rings. The molecule has 0 unspecified atom stereocenters. The number of benzene rings is 2. The van der Waals surface area contributed by atoms with E-state index in [-0.39, 0.29) is 20.9 Å². The van der Waals surface area contributed by atoms with Gasteiger partial charge in [0.2, 0.25) is 0 Å². The molecule has 0 spiro atoms. The van der Waals surface area contributed by atoms with Gasteiger partial charge in [0.1, 0.15) is 5.56 Å². The number of ketones is 1. The fourth-order valence-corrected chi connectivity index (χ4v) is 5.01. The number of H-pyrrole nitrogens is 1. The summed E-state index contributed by atoms with van der Waals surface area (Å²) < 4.78 is 49.6. The third-order valence-electron chi connectivity index (χ3n) is 5.04. The first-order chi connectivity index (χ1) is 14.4. The van der Waals surface area contributed by atoms with Gasteiger partial charge < -0.3 is 5.10 Å². The van der Waals surface area contributed by atoms with Gasteiger partial charge in [-0.3, -0.25) is 14.3 Å². The van der Waals surface area contributed by atoms with Crippen LogP contribution in [0.4, 0.5) is 0 Å². The minimum Gasteiger partial charge on any atom is -0.302 e. The van der Waals surface area contributed by atoms with E-state index in [1.807, 2.05) is 0 Å². The molecule has 3 rings (SSSR count). The fraction of sp³-hybridized carbons (Fsp3) is 0.238. The lowest BCUT2D eigenvalue weighted by molar-refractivity contribution is 0.103. The van der Waals surface area contributed by atoms with Crippen molar-refractivity contribution in [1.29, 1.82) is 0 Å². The Balaban J connectivity index is 2.25. The number of nitrogens with zero attached hydrogens (tertiary/aromatic N) is 1. The average molecular weight is 463 g/mol. The third kappa shape index (κ3) is 4.26. The fourth-order valence-electron chi connectivity index (χ4n) is 3.42. The minimum atomic E-state index is -3.66. The van der Waals surface area contributed by atoms with Gasteiger partial charge in [-0.15, -0.1) is 0 Å². The van der Waals surface area contributed by atoms with Crippen LogP contribution in [0, 0.1) is 6.92 Å². The van der Waals surface area contributed by atoms with E-state index in [1.165, 1.54) is 47.3 Å². The van der Waals surface area contributed by atoms with E-state index >= 15 is 0 Å². The number of aryl methyl sites for hydroxylation is 1. The molecule has 2 aromatic carbocycles. The van der Waals surface area contributed by atoms with Crippen molar-refractivity contribution in [3.8, 4) is 11.1 Å². The van der Waals surface area contributed by atoms with E-state index in [4.69, 9.17) is 0 Å². The minimum absolute atomic E-state index is 0.00805. The maximum absolute atomic E-state index is 13.1. The second kappa shape index (κ2) is 7.93. The Labute approximate surface area is 180 Å². The van der Waals surface area contributed by atoms with Crippen LogP contribution in [-0.2, 0) is 26.2 Å². The largest absolute Gasteiger partial charge is 0.302 e. The molecule has 0 atom stereocenters. The van der Waals surface area contributed by atoms with Crippen molar-refractivity contribution in [2.75, 3.05) is 12.5 Å². The first-order valence-electron chi connectivity index (χ1n) is 9.33. The molecule has 8 nitrogen and oxygen atoms in total. The van der Waals surface area contributed by atoms with E-state index in [0.717, 1.165) is 12.5 Å². The zero-order chi connectivity index (χ0) is 23.1. The van der Waals surface area contributed by atoms with Crippen LogP contribution < -0.4 is 5.56 Å². The van der Waals surface area contributed by atoms with E-state index in [9.17, 15) is 26.4 Å². The van der Waals surface area contributed by atoms with Crippen molar-refractivity contribution in [3.05, 3.63) is 69.6 Å². The molecular formula is C21H22N2O6S2.